The van der Waals surface area contributed by atoms with Crippen molar-refractivity contribution >= 4 is 75.7 Å². The van der Waals surface area contributed by atoms with Gasteiger partial charge in [-0.2, -0.15) is 0 Å². The van der Waals surface area contributed by atoms with Crippen LogP contribution >= 0.6 is 63.7 Å². The number of aliphatic hydroxyl groups is 2. The quantitative estimate of drug-likeness (QED) is 0.141. The highest BCUT2D eigenvalue weighted by molar-refractivity contribution is 9.11. The second-order valence-corrected chi connectivity index (χ2v) is 13.0. The highest BCUT2D eigenvalue weighted by atomic mass is 79.9. The number of aliphatic carboxylic acids is 2. The number of hydrogen-bond donors (Lipinski definition) is 4. The summed E-state index contributed by atoms with van der Waals surface area (Å²) in [5.74, 6) is -0.943. The number of carboxylic acid groups (broad SMARTS) is 2. The Morgan fingerprint density at radius 1 is 0.769 bits per heavy atom. The van der Waals surface area contributed by atoms with Crippen molar-refractivity contribution in [2.45, 2.75) is 47.7 Å². The minimum Gasteiger partial charge on any atom is -0.490 e. The van der Waals surface area contributed by atoms with Gasteiger partial charge in [0, 0.05) is 5.41 Å². The van der Waals surface area contributed by atoms with Crippen LogP contribution in [0.3, 0.4) is 0 Å². The first-order valence-corrected chi connectivity index (χ1v) is 15.7. The third-order valence-corrected chi connectivity index (χ3v) is 9.59. The van der Waals surface area contributed by atoms with Crippen LogP contribution in [0.25, 0.3) is 0 Å². The molecule has 4 N–H and O–H groups in total. The zero-order chi connectivity index (χ0) is 29.2. The topological polar surface area (TPSA) is 134 Å². The molecule has 216 valence electrons. The molecule has 0 aromatic heterocycles. The molecule has 0 heterocycles. The van der Waals surface area contributed by atoms with Gasteiger partial charge in [-0.05, 0) is 98.9 Å². The lowest BCUT2D eigenvalue weighted by Gasteiger charge is -2.40. The number of benzene rings is 2. The van der Waals surface area contributed by atoms with Gasteiger partial charge in [0.05, 0.1) is 22.2 Å². The third kappa shape index (κ3) is 9.43. The highest BCUT2D eigenvalue weighted by Crippen LogP contribution is 2.47. The van der Waals surface area contributed by atoms with Gasteiger partial charge in [0.2, 0.25) is 0 Å². The van der Waals surface area contributed by atoms with E-state index in [2.05, 4.69) is 70.6 Å². The average molecular weight is 804 g/mol. The molecule has 0 spiro atoms. The fourth-order valence-corrected chi connectivity index (χ4v) is 6.01. The van der Waals surface area contributed by atoms with Gasteiger partial charge >= 0.3 is 11.9 Å². The van der Waals surface area contributed by atoms with Crippen molar-refractivity contribution in [2.24, 2.45) is 5.92 Å². The number of hydrogen-bond acceptors (Lipinski definition) is 6. The first-order chi connectivity index (χ1) is 18.4. The summed E-state index contributed by atoms with van der Waals surface area (Å²) in [6, 6.07) is 11.4. The monoisotopic (exact) mass is 800 g/mol. The van der Waals surface area contributed by atoms with Crippen molar-refractivity contribution < 1.29 is 39.5 Å². The molecule has 12 heteroatoms. The van der Waals surface area contributed by atoms with Gasteiger partial charge in [-0.3, -0.25) is 9.59 Å². The summed E-state index contributed by atoms with van der Waals surface area (Å²) in [5, 5.41) is 37.3. The summed E-state index contributed by atoms with van der Waals surface area (Å²) in [4.78, 5) is 21.7. The lowest BCUT2D eigenvalue weighted by Crippen LogP contribution is -2.35. The summed E-state index contributed by atoms with van der Waals surface area (Å²) in [6.07, 6.45) is 1.68. The fraction of sp³-hybridized carbons (Fsp3) is 0.481. The van der Waals surface area contributed by atoms with Crippen molar-refractivity contribution in [1.29, 1.82) is 0 Å². The fourth-order valence-electron chi connectivity index (χ4n) is 4.49. The molecule has 0 saturated heterocycles. The van der Waals surface area contributed by atoms with E-state index in [9.17, 15) is 19.8 Å². The molecule has 0 radical (unpaired) electrons. The number of carbonyl (C=O) groups is 2. The Balaban J connectivity index is 2.66. The molecule has 0 saturated carbocycles. The second kappa shape index (κ2) is 16.3. The lowest BCUT2D eigenvalue weighted by atomic mass is 9.64. The maximum atomic E-state index is 11.6. The van der Waals surface area contributed by atoms with Gasteiger partial charge in [0.1, 0.15) is 34.4 Å². The summed E-state index contributed by atoms with van der Waals surface area (Å²) in [5.41, 5.74) is 1.14. The van der Waals surface area contributed by atoms with Gasteiger partial charge in [-0.25, -0.2) is 0 Å². The van der Waals surface area contributed by atoms with Crippen molar-refractivity contribution in [1.82, 2.24) is 0 Å². The van der Waals surface area contributed by atoms with Crippen LogP contribution in [-0.2, 0) is 15.0 Å². The van der Waals surface area contributed by atoms with Crippen LogP contribution in [-0.4, -0.2) is 68.4 Å². The molecule has 0 fully saturated rings. The standard InChI is InChI=1S/C27H32Br4O8/c1-27(17-4-8-23(21(30)14-17)38-12-10-32,18-5-9-24(22(31)15-18)39-13-11-33)16(2-6-19(28)25(34)35)3-7-20(29)26(36)37/h4-5,8-9,14-16,19-20,32-33H,2-3,6-7,10-13H2,1H3,(H,34,35)(H,36,37). The Hall–Kier alpha value is -1.18. The van der Waals surface area contributed by atoms with Crippen LogP contribution in [0.4, 0.5) is 0 Å². The van der Waals surface area contributed by atoms with E-state index in [1.54, 1.807) is 0 Å². The van der Waals surface area contributed by atoms with Gasteiger partial charge in [-0.15, -0.1) is 0 Å². The van der Waals surface area contributed by atoms with Crippen LogP contribution < -0.4 is 9.47 Å². The number of aliphatic hydroxyl groups excluding tert-OH is 2. The summed E-state index contributed by atoms with van der Waals surface area (Å²) in [7, 11) is 0. The Morgan fingerprint density at radius 2 is 1.15 bits per heavy atom. The van der Waals surface area contributed by atoms with Crippen molar-refractivity contribution in [3.05, 3.63) is 56.5 Å². The molecule has 0 bridgehead atoms. The number of alkyl halides is 2. The largest absolute Gasteiger partial charge is 0.490 e. The Morgan fingerprint density at radius 3 is 1.46 bits per heavy atom. The maximum Gasteiger partial charge on any atom is 0.317 e. The Bertz CT molecular complexity index is 1030. The molecule has 0 amide bonds. The summed E-state index contributed by atoms with van der Waals surface area (Å²) < 4.78 is 12.6. The normalized spacial score (nSPS) is 13.9. The first kappa shape index (κ1) is 34.0. The average Bonchev–Trinajstić information content (AvgIpc) is 2.90. The highest BCUT2D eigenvalue weighted by Gasteiger charge is 2.39. The van der Waals surface area contributed by atoms with E-state index in [1.807, 2.05) is 36.4 Å². The van der Waals surface area contributed by atoms with E-state index in [0.717, 1.165) is 11.1 Å². The van der Waals surface area contributed by atoms with Gasteiger partial charge in [-0.1, -0.05) is 50.9 Å². The van der Waals surface area contributed by atoms with Gasteiger partial charge in [0.25, 0.3) is 0 Å². The van der Waals surface area contributed by atoms with Crippen LogP contribution in [0.1, 0.15) is 43.7 Å². The molecule has 0 aliphatic carbocycles. The molecule has 0 aliphatic heterocycles. The predicted molar refractivity (Wildman–Crippen MR) is 163 cm³/mol. The smallest absolute Gasteiger partial charge is 0.317 e. The summed E-state index contributed by atoms with van der Waals surface area (Å²) in [6.45, 7) is 2.10. The van der Waals surface area contributed by atoms with Crippen LogP contribution in [0.5, 0.6) is 11.5 Å². The Labute approximate surface area is 261 Å². The second-order valence-electron chi connectivity index (χ2n) is 9.10. The molecule has 0 aliphatic rings. The van der Waals surface area contributed by atoms with Crippen molar-refractivity contribution in [3.63, 3.8) is 0 Å². The van der Waals surface area contributed by atoms with Crippen LogP contribution in [0.15, 0.2) is 45.3 Å². The molecule has 2 rings (SSSR count). The zero-order valence-corrected chi connectivity index (χ0v) is 27.6. The van der Waals surface area contributed by atoms with Crippen molar-refractivity contribution in [3.8, 4) is 11.5 Å². The number of rotatable bonds is 17. The van der Waals surface area contributed by atoms with Gasteiger partial charge in [0.15, 0.2) is 0 Å². The van der Waals surface area contributed by atoms with E-state index in [-0.39, 0.29) is 32.3 Å². The van der Waals surface area contributed by atoms with E-state index in [1.165, 1.54) is 0 Å². The van der Waals surface area contributed by atoms with Crippen LogP contribution in [0.2, 0.25) is 0 Å². The maximum absolute atomic E-state index is 11.6. The number of carboxylic acids is 2. The third-order valence-electron chi connectivity index (χ3n) is 6.65. The van der Waals surface area contributed by atoms with E-state index >= 15 is 0 Å². The van der Waals surface area contributed by atoms with Crippen molar-refractivity contribution in [2.75, 3.05) is 26.4 Å². The van der Waals surface area contributed by atoms with E-state index < -0.39 is 27.0 Å². The minimum absolute atomic E-state index is 0.124. The lowest BCUT2D eigenvalue weighted by molar-refractivity contribution is -0.137. The molecular formula is C27H32Br4O8. The molecule has 2 unspecified atom stereocenters. The first-order valence-electron chi connectivity index (χ1n) is 12.3. The molecule has 8 nitrogen and oxygen atoms in total. The molecule has 2 atom stereocenters. The zero-order valence-electron chi connectivity index (χ0n) is 21.3. The SMILES string of the molecule is CC(c1ccc(OCCO)c(Br)c1)(c1ccc(OCCO)c(Br)c1)C(CCC(Br)C(=O)O)CCC(Br)C(=O)O. The molecule has 2 aromatic carbocycles. The number of ether oxygens (including phenoxy) is 2. The van der Waals surface area contributed by atoms with Crippen LogP contribution in [0, 0.1) is 5.92 Å². The summed E-state index contributed by atoms with van der Waals surface area (Å²) >= 11 is 13.7. The number of halogens is 4. The Kier molecular flexibility index (Phi) is 14.2. The van der Waals surface area contributed by atoms with E-state index in [0.29, 0.717) is 46.1 Å². The van der Waals surface area contributed by atoms with Gasteiger partial charge < -0.3 is 29.9 Å². The molecule has 2 aromatic rings. The van der Waals surface area contributed by atoms with E-state index in [4.69, 9.17) is 19.7 Å². The molecule has 39 heavy (non-hydrogen) atoms. The predicted octanol–water partition coefficient (Wildman–Crippen LogP) is 6.13. The molecular weight excluding hydrogens is 772 g/mol. The minimum atomic E-state index is -0.958.